The van der Waals surface area contributed by atoms with Crippen molar-refractivity contribution in [2.75, 3.05) is 25.1 Å². The van der Waals surface area contributed by atoms with Gasteiger partial charge in [-0.3, -0.25) is 4.79 Å². The van der Waals surface area contributed by atoms with Crippen molar-refractivity contribution in [3.05, 3.63) is 23.8 Å². The smallest absolute Gasteiger partial charge is 0.314 e. The van der Waals surface area contributed by atoms with Crippen molar-refractivity contribution in [2.45, 2.75) is 37.5 Å². The Morgan fingerprint density at radius 1 is 1.25 bits per heavy atom. The minimum Gasteiger partial charge on any atom is -0.496 e. The second-order valence-corrected chi connectivity index (χ2v) is 5.82. The van der Waals surface area contributed by atoms with Crippen molar-refractivity contribution in [3.8, 4) is 5.75 Å². The number of benzene rings is 1. The lowest BCUT2D eigenvalue weighted by Gasteiger charge is -2.39. The highest BCUT2D eigenvalue weighted by atomic mass is 16.5. The Balaban J connectivity index is 2.02. The summed E-state index contributed by atoms with van der Waals surface area (Å²) in [7, 11) is 1.61. The molecule has 0 spiro atoms. The number of rotatable bonds is 4. The van der Waals surface area contributed by atoms with E-state index in [2.05, 4.69) is 4.90 Å². The Hall–Kier alpha value is -1.71. The molecule has 1 aliphatic carbocycles. The van der Waals surface area contributed by atoms with Crippen molar-refractivity contribution in [3.63, 3.8) is 0 Å². The summed E-state index contributed by atoms with van der Waals surface area (Å²) in [6.07, 6.45) is 4.82. The van der Waals surface area contributed by atoms with Crippen molar-refractivity contribution >= 4 is 11.7 Å². The van der Waals surface area contributed by atoms with Crippen LogP contribution in [0.1, 0.15) is 37.7 Å². The highest BCUT2D eigenvalue weighted by Gasteiger charge is 2.47. The lowest BCUT2D eigenvalue weighted by atomic mass is 9.64. The first-order valence-electron chi connectivity index (χ1n) is 7.34. The van der Waals surface area contributed by atoms with Gasteiger partial charge in [0.05, 0.1) is 12.5 Å². The topological polar surface area (TPSA) is 49.8 Å². The van der Waals surface area contributed by atoms with E-state index in [1.165, 1.54) is 12.8 Å². The molecule has 0 aromatic heterocycles. The maximum atomic E-state index is 11.7. The molecule has 20 heavy (non-hydrogen) atoms. The molecular weight excluding hydrogens is 254 g/mol. The van der Waals surface area contributed by atoms with E-state index in [1.54, 1.807) is 7.11 Å². The fourth-order valence-electron chi connectivity index (χ4n) is 3.37. The molecule has 1 aromatic rings. The second kappa shape index (κ2) is 5.00. The first kappa shape index (κ1) is 13.3. The molecule has 0 unspecified atom stereocenters. The van der Waals surface area contributed by atoms with Crippen molar-refractivity contribution in [2.24, 2.45) is 0 Å². The monoisotopic (exact) mass is 275 g/mol. The van der Waals surface area contributed by atoms with E-state index >= 15 is 0 Å². The summed E-state index contributed by atoms with van der Waals surface area (Å²) in [5, 5.41) is 9.64. The van der Waals surface area contributed by atoms with Crippen LogP contribution in [-0.4, -0.2) is 31.3 Å². The summed E-state index contributed by atoms with van der Waals surface area (Å²) in [4.78, 5) is 14.1. The molecule has 4 heteroatoms. The van der Waals surface area contributed by atoms with Gasteiger partial charge in [-0.1, -0.05) is 6.42 Å². The van der Waals surface area contributed by atoms with Crippen molar-refractivity contribution in [1.82, 2.24) is 0 Å². The molecule has 0 atom stereocenters. The zero-order chi connectivity index (χ0) is 14.2. The molecule has 3 rings (SSSR count). The Kier molecular flexibility index (Phi) is 3.32. The minimum absolute atomic E-state index is 0.704. The van der Waals surface area contributed by atoms with E-state index in [1.807, 2.05) is 18.2 Å². The highest BCUT2D eigenvalue weighted by Crippen LogP contribution is 2.48. The summed E-state index contributed by atoms with van der Waals surface area (Å²) in [6.45, 7) is 2.12. The van der Waals surface area contributed by atoms with E-state index in [4.69, 9.17) is 4.74 Å². The van der Waals surface area contributed by atoms with Gasteiger partial charge >= 0.3 is 5.97 Å². The molecule has 2 fully saturated rings. The maximum Gasteiger partial charge on any atom is 0.314 e. The normalized spacial score (nSPS) is 20.6. The van der Waals surface area contributed by atoms with Crippen LogP contribution in [0.25, 0.3) is 0 Å². The average Bonchev–Trinajstić information content (AvgIpc) is 2.90. The summed E-state index contributed by atoms with van der Waals surface area (Å²) in [5.74, 6) is -0.0179. The van der Waals surface area contributed by atoms with E-state index in [0.717, 1.165) is 30.8 Å². The van der Waals surface area contributed by atoms with Crippen LogP contribution in [0.4, 0.5) is 5.69 Å². The zero-order valence-electron chi connectivity index (χ0n) is 11.9. The SMILES string of the molecule is COc1ccc(N2CCCC2)cc1C1(C(=O)O)CCC1. The number of nitrogens with zero attached hydrogens (tertiary/aromatic N) is 1. The van der Waals surface area contributed by atoms with Crippen LogP contribution in [0.3, 0.4) is 0 Å². The summed E-state index contributed by atoms with van der Waals surface area (Å²) >= 11 is 0. The van der Waals surface area contributed by atoms with Gasteiger partial charge in [-0.15, -0.1) is 0 Å². The number of ether oxygens (including phenoxy) is 1. The molecule has 1 saturated carbocycles. The number of carbonyl (C=O) groups is 1. The highest BCUT2D eigenvalue weighted by molar-refractivity contribution is 5.84. The first-order valence-corrected chi connectivity index (χ1v) is 7.34. The summed E-state index contributed by atoms with van der Waals surface area (Å²) < 4.78 is 5.41. The second-order valence-electron chi connectivity index (χ2n) is 5.82. The van der Waals surface area contributed by atoms with Crippen LogP contribution < -0.4 is 9.64 Å². The zero-order valence-corrected chi connectivity index (χ0v) is 11.9. The van der Waals surface area contributed by atoms with Crippen LogP contribution in [-0.2, 0) is 10.2 Å². The molecule has 0 amide bonds. The number of anilines is 1. The lowest BCUT2D eigenvalue weighted by Crippen LogP contribution is -2.42. The van der Waals surface area contributed by atoms with Crippen LogP contribution in [0.2, 0.25) is 0 Å². The Morgan fingerprint density at radius 2 is 1.95 bits per heavy atom. The average molecular weight is 275 g/mol. The molecule has 1 aliphatic heterocycles. The van der Waals surface area contributed by atoms with Gasteiger partial charge in [0.25, 0.3) is 0 Å². The predicted octanol–water partition coefficient (Wildman–Crippen LogP) is 2.80. The molecule has 1 N–H and O–H groups in total. The van der Waals surface area contributed by atoms with E-state index < -0.39 is 11.4 Å². The number of carboxylic acid groups (broad SMARTS) is 1. The van der Waals surface area contributed by atoms with Crippen LogP contribution in [0, 0.1) is 0 Å². The number of hydrogen-bond donors (Lipinski definition) is 1. The van der Waals surface area contributed by atoms with Crippen LogP contribution >= 0.6 is 0 Å². The standard InChI is InChI=1S/C16H21NO3/c1-20-14-6-5-12(17-9-2-3-10-17)11-13(14)16(15(18)19)7-4-8-16/h5-6,11H,2-4,7-10H2,1H3,(H,18,19). The number of methoxy groups -OCH3 is 1. The molecule has 0 bridgehead atoms. The Bertz CT molecular complexity index is 516. The minimum atomic E-state index is -0.735. The third-order valence-corrected chi connectivity index (χ3v) is 4.79. The van der Waals surface area contributed by atoms with Gasteiger partial charge in [0.2, 0.25) is 0 Å². The number of hydrogen-bond acceptors (Lipinski definition) is 3. The molecule has 108 valence electrons. The third-order valence-electron chi connectivity index (χ3n) is 4.79. The fourth-order valence-corrected chi connectivity index (χ4v) is 3.37. The molecule has 1 heterocycles. The quantitative estimate of drug-likeness (QED) is 0.918. The predicted molar refractivity (Wildman–Crippen MR) is 77.6 cm³/mol. The molecule has 1 aromatic carbocycles. The van der Waals surface area contributed by atoms with E-state index in [0.29, 0.717) is 18.6 Å². The maximum absolute atomic E-state index is 11.7. The van der Waals surface area contributed by atoms with Gasteiger partial charge < -0.3 is 14.7 Å². The first-order chi connectivity index (χ1) is 9.67. The molecule has 1 saturated heterocycles. The van der Waals surface area contributed by atoms with Gasteiger partial charge in [0, 0.05) is 24.3 Å². The lowest BCUT2D eigenvalue weighted by molar-refractivity contribution is -0.147. The third kappa shape index (κ3) is 1.94. The van der Waals surface area contributed by atoms with E-state index in [-0.39, 0.29) is 0 Å². The van der Waals surface area contributed by atoms with E-state index in [9.17, 15) is 9.90 Å². The van der Waals surface area contributed by atoms with Gasteiger partial charge in [-0.05, 0) is 43.9 Å². The molecule has 0 radical (unpaired) electrons. The van der Waals surface area contributed by atoms with Gasteiger partial charge in [0.1, 0.15) is 5.75 Å². The van der Waals surface area contributed by atoms with Gasteiger partial charge in [-0.2, -0.15) is 0 Å². The largest absolute Gasteiger partial charge is 0.496 e. The van der Waals surface area contributed by atoms with Crippen molar-refractivity contribution in [1.29, 1.82) is 0 Å². The Labute approximate surface area is 119 Å². The van der Waals surface area contributed by atoms with Gasteiger partial charge in [-0.25, -0.2) is 0 Å². The van der Waals surface area contributed by atoms with Crippen molar-refractivity contribution < 1.29 is 14.6 Å². The molecule has 2 aliphatic rings. The fraction of sp³-hybridized carbons (Fsp3) is 0.562. The number of aliphatic carboxylic acids is 1. The summed E-state index contributed by atoms with van der Waals surface area (Å²) in [5.41, 5.74) is 1.25. The number of carboxylic acids is 1. The molecular formula is C16H21NO3. The summed E-state index contributed by atoms with van der Waals surface area (Å²) in [6, 6.07) is 6.01. The van der Waals surface area contributed by atoms with Crippen LogP contribution in [0.15, 0.2) is 18.2 Å². The molecule has 4 nitrogen and oxygen atoms in total. The Morgan fingerprint density at radius 3 is 2.45 bits per heavy atom. The van der Waals surface area contributed by atoms with Gasteiger partial charge in [0.15, 0.2) is 0 Å². The van der Waals surface area contributed by atoms with Crippen LogP contribution in [0.5, 0.6) is 5.75 Å².